The highest BCUT2D eigenvalue weighted by Gasteiger charge is 2.37. The lowest BCUT2D eigenvalue weighted by atomic mass is 10.1. The van der Waals surface area contributed by atoms with Gasteiger partial charge in [0.25, 0.3) is 0 Å². The summed E-state index contributed by atoms with van der Waals surface area (Å²) >= 11 is 3.46. The maximum absolute atomic E-state index is 11.1. The Morgan fingerprint density at radius 1 is 1.55 bits per heavy atom. The highest BCUT2D eigenvalue weighted by molar-refractivity contribution is 9.09. The van der Waals surface area contributed by atoms with E-state index < -0.39 is 0 Å². The average Bonchev–Trinajstić information content (AvgIpc) is 2.34. The molecule has 0 aliphatic carbocycles. The summed E-state index contributed by atoms with van der Waals surface area (Å²) in [6.45, 7) is 0. The van der Waals surface area contributed by atoms with E-state index in [1.807, 2.05) is 4.90 Å². The van der Waals surface area contributed by atoms with Crippen molar-refractivity contribution >= 4 is 22.0 Å². The number of hydrazine groups is 1. The van der Waals surface area contributed by atoms with Crippen LogP contribution < -0.4 is 10.9 Å². The molecule has 62 valence electrons. The number of piperidine rings is 1. The van der Waals surface area contributed by atoms with Crippen LogP contribution in [-0.2, 0) is 0 Å². The van der Waals surface area contributed by atoms with Gasteiger partial charge in [-0.1, -0.05) is 15.9 Å². The summed E-state index contributed by atoms with van der Waals surface area (Å²) in [6, 6.07) is -0.0171. The van der Waals surface area contributed by atoms with Crippen LogP contribution in [0.1, 0.15) is 19.3 Å². The summed E-state index contributed by atoms with van der Waals surface area (Å²) in [4.78, 5) is 13.2. The Labute approximate surface area is 73.4 Å². The van der Waals surface area contributed by atoms with E-state index in [0.717, 1.165) is 12.8 Å². The minimum atomic E-state index is -0.0171. The molecule has 2 aliphatic rings. The number of halogens is 1. The fourth-order valence-electron chi connectivity index (χ4n) is 1.57. The van der Waals surface area contributed by atoms with Crippen molar-refractivity contribution in [3.05, 3.63) is 0 Å². The summed E-state index contributed by atoms with van der Waals surface area (Å²) in [5.41, 5.74) is 5.53. The van der Waals surface area contributed by atoms with Gasteiger partial charge in [-0.2, -0.15) is 0 Å². The molecule has 0 aromatic carbocycles. The Kier molecular flexibility index (Phi) is 1.77. The van der Waals surface area contributed by atoms with E-state index in [0.29, 0.717) is 0 Å². The molecule has 2 heterocycles. The fraction of sp³-hybridized carbons (Fsp3) is 0.833. The summed E-state index contributed by atoms with van der Waals surface area (Å²) < 4.78 is 0. The second-order valence-corrected chi connectivity index (χ2v) is 3.92. The standard InChI is InChI=1S/C6H10BrN3O/c7-4-2-1-3-5-8-9-6(11)10(4)5/h4-5,8H,1-3H2,(H,9,11). The van der Waals surface area contributed by atoms with Crippen LogP contribution in [0.5, 0.6) is 0 Å². The Balaban J connectivity index is 2.14. The van der Waals surface area contributed by atoms with E-state index in [-0.39, 0.29) is 17.1 Å². The molecule has 2 amide bonds. The van der Waals surface area contributed by atoms with Crippen LogP contribution in [0.15, 0.2) is 0 Å². The van der Waals surface area contributed by atoms with Crippen LogP contribution >= 0.6 is 15.9 Å². The predicted molar refractivity (Wildman–Crippen MR) is 43.9 cm³/mol. The van der Waals surface area contributed by atoms with Gasteiger partial charge in [-0.3, -0.25) is 10.3 Å². The van der Waals surface area contributed by atoms with Crippen LogP contribution in [0.3, 0.4) is 0 Å². The van der Waals surface area contributed by atoms with Crippen LogP contribution in [0.25, 0.3) is 0 Å². The molecule has 0 radical (unpaired) electrons. The molecule has 2 rings (SSSR count). The molecule has 4 nitrogen and oxygen atoms in total. The van der Waals surface area contributed by atoms with Gasteiger partial charge in [0.1, 0.15) is 6.17 Å². The van der Waals surface area contributed by atoms with E-state index in [1.54, 1.807) is 0 Å². The zero-order valence-electron chi connectivity index (χ0n) is 6.01. The molecule has 2 aliphatic heterocycles. The third kappa shape index (κ3) is 1.12. The van der Waals surface area contributed by atoms with Crippen molar-refractivity contribution in [2.24, 2.45) is 0 Å². The SMILES string of the molecule is O=C1NNC2CCCC(Br)N12. The molecule has 0 aromatic heterocycles. The van der Waals surface area contributed by atoms with Gasteiger partial charge in [0, 0.05) is 0 Å². The zero-order chi connectivity index (χ0) is 7.84. The minimum Gasteiger partial charge on any atom is -0.294 e. The Bertz CT molecular complexity index is 187. The van der Waals surface area contributed by atoms with Gasteiger partial charge < -0.3 is 0 Å². The molecule has 0 saturated carbocycles. The van der Waals surface area contributed by atoms with E-state index in [1.165, 1.54) is 6.42 Å². The molecule has 11 heavy (non-hydrogen) atoms. The van der Waals surface area contributed by atoms with Crippen molar-refractivity contribution in [1.82, 2.24) is 15.8 Å². The van der Waals surface area contributed by atoms with Crippen molar-refractivity contribution in [1.29, 1.82) is 0 Å². The topological polar surface area (TPSA) is 44.4 Å². The molecule has 2 unspecified atom stereocenters. The summed E-state index contributed by atoms with van der Waals surface area (Å²) in [7, 11) is 0. The molecule has 2 atom stereocenters. The number of alkyl halides is 1. The first-order valence-corrected chi connectivity index (χ1v) is 4.68. The monoisotopic (exact) mass is 219 g/mol. The first kappa shape index (κ1) is 7.36. The van der Waals surface area contributed by atoms with Crippen LogP contribution in [0.2, 0.25) is 0 Å². The van der Waals surface area contributed by atoms with Gasteiger partial charge in [0.05, 0.1) is 4.95 Å². The number of urea groups is 1. The van der Waals surface area contributed by atoms with Crippen molar-refractivity contribution < 1.29 is 4.79 Å². The second kappa shape index (κ2) is 2.64. The lowest BCUT2D eigenvalue weighted by Gasteiger charge is -2.31. The number of amides is 2. The van der Waals surface area contributed by atoms with Crippen LogP contribution in [0, 0.1) is 0 Å². The maximum Gasteiger partial charge on any atom is 0.334 e. The smallest absolute Gasteiger partial charge is 0.294 e. The average molecular weight is 220 g/mol. The van der Waals surface area contributed by atoms with Crippen molar-refractivity contribution in [2.45, 2.75) is 30.4 Å². The maximum atomic E-state index is 11.1. The lowest BCUT2D eigenvalue weighted by Crippen LogP contribution is -2.44. The molecule has 0 bridgehead atoms. The second-order valence-electron chi connectivity index (χ2n) is 2.86. The minimum absolute atomic E-state index is 0.0171. The van der Waals surface area contributed by atoms with Gasteiger partial charge in [0.2, 0.25) is 0 Å². The van der Waals surface area contributed by atoms with E-state index in [4.69, 9.17) is 0 Å². The van der Waals surface area contributed by atoms with E-state index in [2.05, 4.69) is 26.8 Å². The van der Waals surface area contributed by atoms with Crippen molar-refractivity contribution in [3.63, 3.8) is 0 Å². The molecule has 0 spiro atoms. The molecule has 2 saturated heterocycles. The fourth-order valence-corrected chi connectivity index (χ4v) is 2.37. The lowest BCUT2D eigenvalue weighted by molar-refractivity contribution is 0.169. The summed E-state index contributed by atoms with van der Waals surface area (Å²) in [5.74, 6) is 0. The number of fused-ring (bicyclic) bond motifs is 1. The Morgan fingerprint density at radius 3 is 3.09 bits per heavy atom. The van der Waals surface area contributed by atoms with Gasteiger partial charge >= 0.3 is 6.03 Å². The van der Waals surface area contributed by atoms with Crippen LogP contribution in [-0.4, -0.2) is 22.0 Å². The van der Waals surface area contributed by atoms with Gasteiger partial charge in [-0.15, -0.1) is 0 Å². The Hall–Kier alpha value is -0.290. The van der Waals surface area contributed by atoms with Gasteiger partial charge in [-0.05, 0) is 19.3 Å². The van der Waals surface area contributed by atoms with Crippen molar-refractivity contribution in [3.8, 4) is 0 Å². The molecule has 5 heteroatoms. The molecular weight excluding hydrogens is 210 g/mol. The number of carbonyl (C=O) groups is 1. The third-order valence-corrected chi connectivity index (χ3v) is 3.04. The number of carbonyl (C=O) groups excluding carboxylic acids is 1. The largest absolute Gasteiger partial charge is 0.334 e. The Morgan fingerprint density at radius 2 is 2.36 bits per heavy atom. The summed E-state index contributed by atoms with van der Waals surface area (Å²) in [5, 5.41) is 0. The number of hydrogen-bond acceptors (Lipinski definition) is 2. The number of nitrogens with zero attached hydrogens (tertiary/aromatic N) is 1. The third-order valence-electron chi connectivity index (χ3n) is 2.14. The number of hydrogen-bond donors (Lipinski definition) is 2. The van der Waals surface area contributed by atoms with Gasteiger partial charge in [-0.25, -0.2) is 10.2 Å². The van der Waals surface area contributed by atoms with E-state index in [9.17, 15) is 4.79 Å². The van der Waals surface area contributed by atoms with Crippen LogP contribution in [0.4, 0.5) is 4.79 Å². The quantitative estimate of drug-likeness (QED) is 0.467. The van der Waals surface area contributed by atoms with Crippen molar-refractivity contribution in [2.75, 3.05) is 0 Å². The molecular formula is C6H10BrN3O. The highest BCUT2D eigenvalue weighted by atomic mass is 79.9. The summed E-state index contributed by atoms with van der Waals surface area (Å²) in [6.07, 6.45) is 3.45. The van der Waals surface area contributed by atoms with E-state index >= 15 is 0 Å². The zero-order valence-corrected chi connectivity index (χ0v) is 7.60. The number of rotatable bonds is 0. The first-order chi connectivity index (χ1) is 5.29. The molecule has 2 fully saturated rings. The normalized spacial score (nSPS) is 36.8. The molecule has 2 N–H and O–H groups in total. The predicted octanol–water partition coefficient (Wildman–Crippen LogP) is 0.747. The number of nitrogens with one attached hydrogen (secondary N) is 2. The molecule has 0 aromatic rings. The van der Waals surface area contributed by atoms with Gasteiger partial charge in [0.15, 0.2) is 0 Å². The first-order valence-electron chi connectivity index (χ1n) is 3.77. The highest BCUT2D eigenvalue weighted by Crippen LogP contribution is 2.26.